The summed E-state index contributed by atoms with van der Waals surface area (Å²) in [6.07, 6.45) is 0. The van der Waals surface area contributed by atoms with Gasteiger partial charge in [0.1, 0.15) is 5.69 Å². The molecule has 0 atom stereocenters. The molecule has 0 aliphatic rings. The summed E-state index contributed by atoms with van der Waals surface area (Å²) < 4.78 is 0. The van der Waals surface area contributed by atoms with Crippen molar-refractivity contribution in [3.05, 3.63) is 65.3 Å². The van der Waals surface area contributed by atoms with Crippen molar-refractivity contribution in [1.29, 1.82) is 0 Å². The Morgan fingerprint density at radius 3 is 2.23 bits per heavy atom. The lowest BCUT2D eigenvalue weighted by Crippen LogP contribution is -2.17. The van der Waals surface area contributed by atoms with Gasteiger partial charge in [-0.15, -0.1) is 10.2 Å². The minimum absolute atomic E-state index is 0.0890. The highest BCUT2D eigenvalue weighted by molar-refractivity contribution is 6.30. The number of carbonyl (C=O) groups is 1. The molecule has 0 aliphatic carbocycles. The van der Waals surface area contributed by atoms with Crippen molar-refractivity contribution in [2.75, 3.05) is 0 Å². The van der Waals surface area contributed by atoms with E-state index in [1.807, 2.05) is 30.3 Å². The summed E-state index contributed by atoms with van der Waals surface area (Å²) in [4.78, 5) is 16.0. The van der Waals surface area contributed by atoms with Crippen LogP contribution in [-0.4, -0.2) is 21.1 Å². The van der Waals surface area contributed by atoms with Crippen LogP contribution < -0.4 is 5.73 Å². The van der Waals surface area contributed by atoms with Crippen LogP contribution in [0.25, 0.3) is 22.6 Å². The fourth-order valence-electron chi connectivity index (χ4n) is 2.01. The van der Waals surface area contributed by atoms with Crippen LogP contribution in [-0.2, 0) is 0 Å². The van der Waals surface area contributed by atoms with Crippen LogP contribution in [0.3, 0.4) is 0 Å². The first-order chi connectivity index (χ1) is 10.6. The molecule has 0 unspecified atom stereocenters. The zero-order chi connectivity index (χ0) is 15.5. The van der Waals surface area contributed by atoms with Crippen molar-refractivity contribution >= 4 is 17.5 Å². The van der Waals surface area contributed by atoms with Crippen molar-refractivity contribution in [3.63, 3.8) is 0 Å². The van der Waals surface area contributed by atoms with E-state index in [4.69, 9.17) is 17.3 Å². The van der Waals surface area contributed by atoms with Crippen molar-refractivity contribution in [1.82, 2.24) is 15.2 Å². The van der Waals surface area contributed by atoms with E-state index in [0.29, 0.717) is 22.1 Å². The Morgan fingerprint density at radius 1 is 0.909 bits per heavy atom. The number of amides is 1. The summed E-state index contributed by atoms with van der Waals surface area (Å²) >= 11 is 5.86. The fraction of sp³-hybridized carbons (Fsp3) is 0. The van der Waals surface area contributed by atoms with E-state index in [1.165, 1.54) is 0 Å². The van der Waals surface area contributed by atoms with Crippen molar-refractivity contribution in [2.45, 2.75) is 0 Å². The molecule has 1 heterocycles. The molecule has 0 radical (unpaired) electrons. The van der Waals surface area contributed by atoms with E-state index in [0.717, 1.165) is 5.56 Å². The van der Waals surface area contributed by atoms with E-state index in [2.05, 4.69) is 15.2 Å². The molecule has 0 fully saturated rings. The normalized spacial score (nSPS) is 10.4. The maximum absolute atomic E-state index is 11.7. The van der Waals surface area contributed by atoms with Gasteiger partial charge in [-0.2, -0.15) is 0 Å². The molecule has 2 aromatic carbocycles. The number of aromatic nitrogens is 3. The van der Waals surface area contributed by atoms with Gasteiger partial charge in [-0.05, 0) is 24.3 Å². The van der Waals surface area contributed by atoms with Gasteiger partial charge in [-0.1, -0.05) is 41.9 Å². The number of benzene rings is 2. The molecule has 0 saturated heterocycles. The molecule has 108 valence electrons. The molecular formula is C16H11ClN4O. The topological polar surface area (TPSA) is 81.8 Å². The number of nitrogens with two attached hydrogens (primary N) is 1. The number of halogens is 1. The Bertz CT molecular complexity index is 819. The first-order valence-electron chi connectivity index (χ1n) is 6.51. The standard InChI is InChI=1S/C16H11ClN4O/c17-12-8-6-11(7-9-12)16-19-14(15(18)22)13(20-21-16)10-4-2-1-3-5-10/h1-9H,(H2,18,22). The Labute approximate surface area is 131 Å². The molecule has 1 aromatic heterocycles. The lowest BCUT2D eigenvalue weighted by molar-refractivity contribution is 0.0996. The second kappa shape index (κ2) is 5.91. The maximum Gasteiger partial charge on any atom is 0.269 e. The maximum atomic E-state index is 11.7. The highest BCUT2D eigenvalue weighted by Gasteiger charge is 2.16. The van der Waals surface area contributed by atoms with E-state index in [9.17, 15) is 4.79 Å². The highest BCUT2D eigenvalue weighted by atomic mass is 35.5. The van der Waals surface area contributed by atoms with Gasteiger partial charge < -0.3 is 5.73 Å². The zero-order valence-electron chi connectivity index (χ0n) is 11.4. The second-order valence-electron chi connectivity index (χ2n) is 4.57. The van der Waals surface area contributed by atoms with Crippen LogP contribution >= 0.6 is 11.6 Å². The summed E-state index contributed by atoms with van der Waals surface area (Å²) in [6.45, 7) is 0. The lowest BCUT2D eigenvalue weighted by Gasteiger charge is -2.06. The summed E-state index contributed by atoms with van der Waals surface area (Å²) in [7, 11) is 0. The summed E-state index contributed by atoms with van der Waals surface area (Å²) in [5.74, 6) is -0.325. The monoisotopic (exact) mass is 310 g/mol. The first-order valence-corrected chi connectivity index (χ1v) is 6.89. The average Bonchev–Trinajstić information content (AvgIpc) is 2.56. The second-order valence-corrected chi connectivity index (χ2v) is 5.01. The van der Waals surface area contributed by atoms with E-state index in [1.54, 1.807) is 24.3 Å². The summed E-state index contributed by atoms with van der Waals surface area (Å²) in [5.41, 5.74) is 7.33. The van der Waals surface area contributed by atoms with Crippen LogP contribution in [0, 0.1) is 0 Å². The van der Waals surface area contributed by atoms with Gasteiger partial charge in [0.2, 0.25) is 0 Å². The molecule has 0 spiro atoms. The first kappa shape index (κ1) is 14.2. The number of nitrogens with zero attached hydrogens (tertiary/aromatic N) is 3. The number of hydrogen-bond donors (Lipinski definition) is 1. The van der Waals surface area contributed by atoms with Gasteiger partial charge in [-0.3, -0.25) is 4.79 Å². The van der Waals surface area contributed by atoms with Crippen LogP contribution in [0.15, 0.2) is 54.6 Å². The quantitative estimate of drug-likeness (QED) is 0.806. The Morgan fingerprint density at radius 2 is 1.59 bits per heavy atom. The molecule has 0 aliphatic heterocycles. The van der Waals surface area contributed by atoms with E-state index >= 15 is 0 Å². The van der Waals surface area contributed by atoms with Crippen molar-refractivity contribution in [3.8, 4) is 22.6 Å². The van der Waals surface area contributed by atoms with Crippen molar-refractivity contribution in [2.24, 2.45) is 5.73 Å². The number of hydrogen-bond acceptors (Lipinski definition) is 4. The van der Waals surface area contributed by atoms with Gasteiger partial charge in [0.15, 0.2) is 11.5 Å². The highest BCUT2D eigenvalue weighted by Crippen LogP contribution is 2.22. The van der Waals surface area contributed by atoms with Gasteiger partial charge in [-0.25, -0.2) is 4.98 Å². The largest absolute Gasteiger partial charge is 0.364 e. The summed E-state index contributed by atoms with van der Waals surface area (Å²) in [6, 6.07) is 16.1. The Kier molecular flexibility index (Phi) is 3.80. The molecule has 6 heteroatoms. The third-order valence-corrected chi connectivity index (χ3v) is 3.32. The van der Waals surface area contributed by atoms with Crippen LogP contribution in [0.5, 0.6) is 0 Å². The molecule has 1 amide bonds. The molecule has 0 bridgehead atoms. The number of primary amides is 1. The lowest BCUT2D eigenvalue weighted by atomic mass is 10.1. The molecule has 2 N–H and O–H groups in total. The van der Waals surface area contributed by atoms with Crippen LogP contribution in [0.4, 0.5) is 0 Å². The molecule has 3 rings (SSSR count). The average molecular weight is 311 g/mol. The van der Waals surface area contributed by atoms with E-state index < -0.39 is 5.91 Å². The van der Waals surface area contributed by atoms with Crippen molar-refractivity contribution < 1.29 is 4.79 Å². The third-order valence-electron chi connectivity index (χ3n) is 3.07. The van der Waals surface area contributed by atoms with Gasteiger partial charge in [0.05, 0.1) is 0 Å². The molecule has 22 heavy (non-hydrogen) atoms. The minimum Gasteiger partial charge on any atom is -0.364 e. The molecule has 3 aromatic rings. The smallest absolute Gasteiger partial charge is 0.269 e. The van der Waals surface area contributed by atoms with Crippen LogP contribution in [0.2, 0.25) is 5.02 Å². The molecular weight excluding hydrogens is 300 g/mol. The number of carbonyl (C=O) groups excluding carboxylic acids is 1. The van der Waals surface area contributed by atoms with Gasteiger partial charge >= 0.3 is 0 Å². The van der Waals surface area contributed by atoms with E-state index in [-0.39, 0.29) is 5.69 Å². The van der Waals surface area contributed by atoms with Gasteiger partial charge in [0.25, 0.3) is 5.91 Å². The fourth-order valence-corrected chi connectivity index (χ4v) is 2.14. The number of rotatable bonds is 3. The Hall–Kier alpha value is -2.79. The molecule has 5 nitrogen and oxygen atoms in total. The SMILES string of the molecule is NC(=O)c1nc(-c2ccc(Cl)cc2)nnc1-c1ccccc1. The van der Waals surface area contributed by atoms with Gasteiger partial charge in [0, 0.05) is 16.1 Å². The zero-order valence-corrected chi connectivity index (χ0v) is 12.2. The third kappa shape index (κ3) is 2.80. The predicted octanol–water partition coefficient (Wildman–Crippen LogP) is 2.96. The van der Waals surface area contributed by atoms with Crippen LogP contribution in [0.1, 0.15) is 10.5 Å². The molecule has 0 saturated carbocycles. The predicted molar refractivity (Wildman–Crippen MR) is 84.2 cm³/mol. The Balaban J connectivity index is 2.12. The summed E-state index contributed by atoms with van der Waals surface area (Å²) in [5, 5.41) is 8.81. The minimum atomic E-state index is -0.649.